The predicted octanol–water partition coefficient (Wildman–Crippen LogP) is 4.93. The van der Waals surface area contributed by atoms with Crippen molar-refractivity contribution in [3.05, 3.63) is 22.0 Å². The number of carbonyl (C=O) groups excluding carboxylic acids is 1. The lowest BCUT2D eigenvalue weighted by molar-refractivity contribution is -0.147. The third kappa shape index (κ3) is 7.80. The molecule has 1 heterocycles. The van der Waals surface area contributed by atoms with E-state index in [1.165, 1.54) is 6.08 Å². The number of ether oxygens (including phenoxy) is 3. The molecule has 1 aliphatic heterocycles. The average Bonchev–Trinajstić information content (AvgIpc) is 2.48. The Morgan fingerprint density at radius 1 is 1.44 bits per heavy atom. The van der Waals surface area contributed by atoms with Gasteiger partial charge in [0.2, 0.25) is 0 Å². The molecule has 5 nitrogen and oxygen atoms in total. The molecule has 0 fully saturated rings. The van der Waals surface area contributed by atoms with E-state index in [4.69, 9.17) is 18.6 Å². The first-order valence-corrected chi connectivity index (χ1v) is 12.7. The topological polar surface area (TPSA) is 54.0 Å². The quantitative estimate of drug-likeness (QED) is 0.202. The van der Waals surface area contributed by atoms with Gasteiger partial charge in [-0.2, -0.15) is 0 Å². The van der Waals surface area contributed by atoms with Gasteiger partial charge in [0.15, 0.2) is 15.1 Å². The van der Waals surface area contributed by atoms with Crippen molar-refractivity contribution in [1.82, 2.24) is 0 Å². The first kappa shape index (κ1) is 22.7. The zero-order valence-corrected chi connectivity index (χ0v) is 19.3. The lowest BCUT2D eigenvalue weighted by atomic mass is 10.0. The molecule has 0 radical (unpaired) electrons. The van der Waals surface area contributed by atoms with Crippen LogP contribution in [0.2, 0.25) is 18.1 Å². The highest BCUT2D eigenvalue weighted by Gasteiger charge is 2.39. The van der Waals surface area contributed by atoms with Crippen LogP contribution in [0.25, 0.3) is 0 Å². The van der Waals surface area contributed by atoms with E-state index < -0.39 is 8.32 Å². The first-order valence-electron chi connectivity index (χ1n) is 8.55. The second kappa shape index (κ2) is 10.1. The third-order valence-electron chi connectivity index (χ3n) is 4.63. The number of methoxy groups -OCH3 is 1. The van der Waals surface area contributed by atoms with E-state index in [9.17, 15) is 4.79 Å². The molecule has 0 aromatic rings. The Morgan fingerprint density at radius 3 is 2.68 bits per heavy atom. The molecule has 0 bridgehead atoms. The van der Waals surface area contributed by atoms with Crippen LogP contribution in [0.1, 0.15) is 40.0 Å². The molecule has 25 heavy (non-hydrogen) atoms. The summed E-state index contributed by atoms with van der Waals surface area (Å²) >= 11 is 2.21. The zero-order chi connectivity index (χ0) is 19.1. The van der Waals surface area contributed by atoms with E-state index in [1.807, 2.05) is 4.08 Å². The maximum atomic E-state index is 11.8. The van der Waals surface area contributed by atoms with Gasteiger partial charge in [0.1, 0.15) is 11.9 Å². The lowest BCUT2D eigenvalue weighted by Gasteiger charge is -2.40. The van der Waals surface area contributed by atoms with Gasteiger partial charge in [-0.25, -0.2) is 4.79 Å². The van der Waals surface area contributed by atoms with Crippen molar-refractivity contribution < 1.29 is 23.4 Å². The van der Waals surface area contributed by atoms with Gasteiger partial charge in [0, 0.05) is 20.0 Å². The summed E-state index contributed by atoms with van der Waals surface area (Å²) in [5, 5.41) is 0.134. The van der Waals surface area contributed by atoms with Crippen molar-refractivity contribution in [1.29, 1.82) is 0 Å². The zero-order valence-electron chi connectivity index (χ0n) is 16.1. The molecule has 0 unspecified atom stereocenters. The van der Waals surface area contributed by atoms with Crippen molar-refractivity contribution in [2.45, 2.75) is 70.4 Å². The van der Waals surface area contributed by atoms with E-state index in [-0.39, 0.29) is 30.0 Å². The molecule has 0 saturated carbocycles. The molecule has 1 rings (SSSR count). The molecule has 7 heteroatoms. The summed E-state index contributed by atoms with van der Waals surface area (Å²) in [5.74, 6) is 0.247. The molecule has 0 aromatic heterocycles. The van der Waals surface area contributed by atoms with Crippen LogP contribution in [0.5, 0.6) is 0 Å². The second-order valence-corrected chi connectivity index (χ2v) is 13.2. The molecule has 144 valence electrons. The Balaban J connectivity index is 2.78. The minimum atomic E-state index is -1.90. The summed E-state index contributed by atoms with van der Waals surface area (Å²) < 4.78 is 24.4. The normalized spacial score (nSPS) is 20.4. The maximum Gasteiger partial charge on any atom is 0.334 e. The van der Waals surface area contributed by atoms with E-state index >= 15 is 0 Å². The molecule has 0 aromatic carbocycles. The summed E-state index contributed by atoms with van der Waals surface area (Å²) in [6.07, 6.45) is 5.30. The number of halogens is 1. The summed E-state index contributed by atoms with van der Waals surface area (Å²) in [7, 11) is -0.346. The van der Waals surface area contributed by atoms with Crippen LogP contribution < -0.4 is 0 Å². The smallest absolute Gasteiger partial charge is 0.334 e. The van der Waals surface area contributed by atoms with Gasteiger partial charge in [-0.1, -0.05) is 49.4 Å². The highest BCUT2D eigenvalue weighted by atomic mass is 127. The fraction of sp³-hybridized carbons (Fsp3) is 0.722. The summed E-state index contributed by atoms with van der Waals surface area (Å²) in [4.78, 5) is 11.8. The Hall–Kier alpha value is -0.383. The number of hydrogen-bond acceptors (Lipinski definition) is 5. The number of esters is 1. The van der Waals surface area contributed by atoms with E-state index in [0.29, 0.717) is 18.6 Å². The monoisotopic (exact) mass is 482 g/mol. The third-order valence-corrected chi connectivity index (χ3v) is 9.68. The summed E-state index contributed by atoms with van der Waals surface area (Å²) in [5.41, 5.74) is 0. The molecule has 0 saturated heterocycles. The maximum absolute atomic E-state index is 11.8. The van der Waals surface area contributed by atoms with Crippen molar-refractivity contribution in [2.75, 3.05) is 13.9 Å². The van der Waals surface area contributed by atoms with Crippen LogP contribution >= 0.6 is 22.6 Å². The van der Waals surface area contributed by atoms with Crippen LogP contribution in [-0.4, -0.2) is 40.4 Å². The molecular formula is C18H31IO5Si. The van der Waals surface area contributed by atoms with Gasteiger partial charge in [-0.05, 0) is 28.6 Å². The fourth-order valence-corrected chi connectivity index (χ4v) is 3.98. The lowest BCUT2D eigenvalue weighted by Crippen LogP contribution is -2.45. The number of carbonyl (C=O) groups is 1. The van der Waals surface area contributed by atoms with Crippen molar-refractivity contribution in [3.8, 4) is 0 Å². The van der Waals surface area contributed by atoms with E-state index in [2.05, 4.69) is 62.5 Å². The molecule has 0 spiro atoms. The van der Waals surface area contributed by atoms with Crippen molar-refractivity contribution in [3.63, 3.8) is 0 Å². The van der Waals surface area contributed by atoms with Crippen LogP contribution in [0, 0.1) is 0 Å². The second-order valence-electron chi connectivity index (χ2n) is 7.76. The van der Waals surface area contributed by atoms with Crippen LogP contribution in [0.3, 0.4) is 0 Å². The highest BCUT2D eigenvalue weighted by molar-refractivity contribution is 14.1. The first-order chi connectivity index (χ1) is 11.6. The molecule has 2 atom stereocenters. The average molecular weight is 482 g/mol. The minimum Gasteiger partial charge on any atom is -0.471 e. The van der Waals surface area contributed by atoms with Crippen LogP contribution in [0.15, 0.2) is 22.0 Å². The highest BCUT2D eigenvalue weighted by Crippen LogP contribution is 2.38. The SMILES string of the molecule is COCOC1=CC(=O)O[C@H](C[C@@H](C/C=C/I)O[Si](C)(C)C(C)(C)C)C1. The Labute approximate surface area is 166 Å². The fourth-order valence-electron chi connectivity index (χ4n) is 2.30. The number of cyclic esters (lactones) is 1. The predicted molar refractivity (Wildman–Crippen MR) is 110 cm³/mol. The van der Waals surface area contributed by atoms with E-state index in [0.717, 1.165) is 6.42 Å². The van der Waals surface area contributed by atoms with E-state index in [1.54, 1.807) is 7.11 Å². The van der Waals surface area contributed by atoms with Gasteiger partial charge in [-0.15, -0.1) is 0 Å². The molecule has 0 amide bonds. The van der Waals surface area contributed by atoms with Gasteiger partial charge < -0.3 is 18.6 Å². The standard InChI is InChI=1S/C18H31IO5Si/c1-18(2,3)25(5,6)24-14(8-7-9-19)10-16-11-15(22-13-21-4)12-17(20)23-16/h7,9,12,14,16H,8,10-11,13H2,1-6H3/b9-7+/t14-,16-/m1/s1. The Morgan fingerprint density at radius 2 is 2.12 bits per heavy atom. The molecular weight excluding hydrogens is 451 g/mol. The molecule has 1 aliphatic rings. The summed E-state index contributed by atoms with van der Waals surface area (Å²) in [6.45, 7) is 11.3. The Kier molecular flexibility index (Phi) is 9.14. The largest absolute Gasteiger partial charge is 0.471 e. The van der Waals surface area contributed by atoms with Gasteiger partial charge in [0.25, 0.3) is 0 Å². The molecule has 0 aliphatic carbocycles. The van der Waals surface area contributed by atoms with Crippen molar-refractivity contribution in [2.24, 2.45) is 0 Å². The number of hydrogen-bond donors (Lipinski definition) is 0. The van der Waals surface area contributed by atoms with Crippen molar-refractivity contribution >= 4 is 36.9 Å². The Bertz CT molecular complexity index is 496. The van der Waals surface area contributed by atoms with Crippen LogP contribution in [-0.2, 0) is 23.4 Å². The van der Waals surface area contributed by atoms with Gasteiger partial charge >= 0.3 is 5.97 Å². The summed E-state index contributed by atoms with van der Waals surface area (Å²) in [6, 6.07) is 0. The minimum absolute atomic E-state index is 0.0199. The van der Waals surface area contributed by atoms with Gasteiger partial charge in [-0.3, -0.25) is 0 Å². The number of rotatable bonds is 9. The van der Waals surface area contributed by atoms with Crippen LogP contribution in [0.4, 0.5) is 0 Å². The van der Waals surface area contributed by atoms with Gasteiger partial charge in [0.05, 0.1) is 12.2 Å². The molecule has 0 N–H and O–H groups in total.